The van der Waals surface area contributed by atoms with E-state index in [2.05, 4.69) is 20.8 Å². The first kappa shape index (κ1) is 14.9. The van der Waals surface area contributed by atoms with Crippen LogP contribution in [0.25, 0.3) is 0 Å². The first-order valence-corrected chi connectivity index (χ1v) is 6.74. The van der Waals surface area contributed by atoms with Crippen LogP contribution in [0.3, 0.4) is 0 Å². The number of amides is 1. The highest BCUT2D eigenvalue weighted by Crippen LogP contribution is 2.14. The second-order valence-electron chi connectivity index (χ2n) is 4.58. The largest absolute Gasteiger partial charge is 0.369 e. The van der Waals surface area contributed by atoms with Crippen molar-refractivity contribution in [1.82, 2.24) is 15.5 Å². The van der Waals surface area contributed by atoms with Crippen molar-refractivity contribution in [3.8, 4) is 0 Å². The quantitative estimate of drug-likeness (QED) is 0.887. The minimum absolute atomic E-state index is 0.222. The van der Waals surface area contributed by atoms with Crippen LogP contribution >= 0.6 is 0 Å². The van der Waals surface area contributed by atoms with Crippen molar-refractivity contribution in [3.63, 3.8) is 0 Å². The average Bonchev–Trinajstić information content (AvgIpc) is 2.48. The van der Waals surface area contributed by atoms with Gasteiger partial charge in [0.05, 0.1) is 6.04 Å². The molecule has 1 atom stereocenters. The third-order valence-corrected chi connectivity index (χ3v) is 2.95. The fraction of sp³-hybridized carbons (Fsp3) is 0.267. The van der Waals surface area contributed by atoms with E-state index in [1.165, 1.54) is 12.1 Å². The minimum Gasteiger partial charge on any atom is -0.369 e. The molecule has 110 valence electrons. The van der Waals surface area contributed by atoms with Gasteiger partial charge in [-0.3, -0.25) is 4.79 Å². The summed E-state index contributed by atoms with van der Waals surface area (Å²) in [7, 11) is 0. The van der Waals surface area contributed by atoms with Crippen molar-refractivity contribution < 1.29 is 9.18 Å². The molecule has 21 heavy (non-hydrogen) atoms. The van der Waals surface area contributed by atoms with Crippen molar-refractivity contribution >= 4 is 11.7 Å². The smallest absolute Gasteiger partial charge is 0.272 e. The zero-order chi connectivity index (χ0) is 15.2. The maximum absolute atomic E-state index is 13.2. The van der Waals surface area contributed by atoms with E-state index in [0.717, 1.165) is 6.54 Å². The fourth-order valence-corrected chi connectivity index (χ4v) is 1.86. The Morgan fingerprint density at radius 2 is 2.10 bits per heavy atom. The Hall–Kier alpha value is -2.50. The third-order valence-electron chi connectivity index (χ3n) is 2.95. The summed E-state index contributed by atoms with van der Waals surface area (Å²) >= 11 is 0. The van der Waals surface area contributed by atoms with Crippen molar-refractivity contribution in [3.05, 3.63) is 53.5 Å². The number of anilines is 1. The van der Waals surface area contributed by atoms with Crippen LogP contribution in [-0.4, -0.2) is 22.6 Å². The summed E-state index contributed by atoms with van der Waals surface area (Å²) in [4.78, 5) is 12.1. The standard InChI is InChI=1S/C15H17FN4O/c1-3-17-14-8-7-13(19-20-14)15(21)18-10(2)11-5-4-6-12(16)9-11/h4-10H,3H2,1-2H3,(H,17,20)(H,18,21). The molecule has 6 heteroatoms. The first-order chi connectivity index (χ1) is 10.1. The zero-order valence-electron chi connectivity index (χ0n) is 11.9. The molecule has 0 aliphatic rings. The van der Waals surface area contributed by atoms with Gasteiger partial charge < -0.3 is 10.6 Å². The molecular formula is C15H17FN4O. The molecule has 0 saturated heterocycles. The van der Waals surface area contributed by atoms with Crippen molar-refractivity contribution in [2.75, 3.05) is 11.9 Å². The molecular weight excluding hydrogens is 271 g/mol. The Bertz CT molecular complexity index is 615. The van der Waals surface area contributed by atoms with Crippen molar-refractivity contribution in [2.24, 2.45) is 0 Å². The molecule has 0 aliphatic carbocycles. The molecule has 2 aromatic rings. The van der Waals surface area contributed by atoms with E-state index in [9.17, 15) is 9.18 Å². The lowest BCUT2D eigenvalue weighted by Gasteiger charge is -2.14. The van der Waals surface area contributed by atoms with Crippen molar-refractivity contribution in [1.29, 1.82) is 0 Å². The van der Waals surface area contributed by atoms with Gasteiger partial charge in [0.15, 0.2) is 5.69 Å². The number of carbonyl (C=O) groups is 1. The lowest BCUT2D eigenvalue weighted by atomic mass is 10.1. The minimum atomic E-state index is -0.345. The van der Waals surface area contributed by atoms with Crippen LogP contribution < -0.4 is 10.6 Å². The van der Waals surface area contributed by atoms with Crippen LogP contribution in [0.5, 0.6) is 0 Å². The number of rotatable bonds is 5. The second kappa shape index (κ2) is 6.78. The van der Waals surface area contributed by atoms with Gasteiger partial charge in [-0.1, -0.05) is 12.1 Å². The normalized spacial score (nSPS) is 11.8. The maximum Gasteiger partial charge on any atom is 0.272 e. The lowest BCUT2D eigenvalue weighted by Crippen LogP contribution is -2.27. The van der Waals surface area contributed by atoms with Gasteiger partial charge in [0.2, 0.25) is 0 Å². The highest BCUT2D eigenvalue weighted by atomic mass is 19.1. The second-order valence-corrected chi connectivity index (χ2v) is 4.58. The molecule has 1 aromatic heterocycles. The van der Waals surface area contributed by atoms with E-state index in [4.69, 9.17) is 0 Å². The number of nitrogens with one attached hydrogen (secondary N) is 2. The summed E-state index contributed by atoms with van der Waals surface area (Å²) in [5, 5.41) is 13.5. The zero-order valence-corrected chi connectivity index (χ0v) is 11.9. The number of aromatic nitrogens is 2. The van der Waals surface area contributed by atoms with Crippen LogP contribution in [0.1, 0.15) is 35.9 Å². The van der Waals surface area contributed by atoms with Crippen LogP contribution in [0.4, 0.5) is 10.2 Å². The molecule has 2 rings (SSSR count). The molecule has 1 amide bonds. The number of nitrogens with zero attached hydrogens (tertiary/aromatic N) is 2. The number of halogens is 1. The van der Waals surface area contributed by atoms with Crippen LogP contribution in [0.15, 0.2) is 36.4 Å². The van der Waals surface area contributed by atoms with Crippen LogP contribution in [0, 0.1) is 5.82 Å². The van der Waals surface area contributed by atoms with E-state index in [1.54, 1.807) is 31.2 Å². The molecule has 5 nitrogen and oxygen atoms in total. The Kier molecular flexibility index (Phi) is 4.81. The summed E-state index contributed by atoms with van der Waals surface area (Å²) < 4.78 is 13.2. The van der Waals surface area contributed by atoms with E-state index in [1.807, 2.05) is 6.92 Å². The molecule has 0 radical (unpaired) electrons. The van der Waals surface area contributed by atoms with Gasteiger partial charge in [0.25, 0.3) is 5.91 Å². The van der Waals surface area contributed by atoms with Crippen LogP contribution in [-0.2, 0) is 0 Å². The lowest BCUT2D eigenvalue weighted by molar-refractivity contribution is 0.0934. The highest BCUT2D eigenvalue weighted by Gasteiger charge is 2.13. The van der Waals surface area contributed by atoms with Gasteiger partial charge in [0, 0.05) is 6.54 Å². The SMILES string of the molecule is CCNc1ccc(C(=O)NC(C)c2cccc(F)c2)nn1. The number of carbonyl (C=O) groups excluding carboxylic acids is 1. The molecule has 0 spiro atoms. The van der Waals surface area contributed by atoms with Crippen molar-refractivity contribution in [2.45, 2.75) is 19.9 Å². The molecule has 0 saturated carbocycles. The Morgan fingerprint density at radius 1 is 1.29 bits per heavy atom. The highest BCUT2D eigenvalue weighted by molar-refractivity contribution is 5.92. The molecule has 1 heterocycles. The monoisotopic (exact) mass is 288 g/mol. The molecule has 0 aliphatic heterocycles. The maximum atomic E-state index is 13.2. The van der Waals surface area contributed by atoms with E-state index >= 15 is 0 Å². The van der Waals surface area contributed by atoms with Crippen LogP contribution in [0.2, 0.25) is 0 Å². The summed E-state index contributed by atoms with van der Waals surface area (Å²) in [5.74, 6) is -0.0575. The van der Waals surface area contributed by atoms with Gasteiger partial charge >= 0.3 is 0 Å². The Labute approximate surface area is 122 Å². The summed E-state index contributed by atoms with van der Waals surface area (Å²) in [6.07, 6.45) is 0. The molecule has 1 aromatic carbocycles. The predicted octanol–water partition coefficient (Wildman–Crippen LogP) is 2.54. The predicted molar refractivity (Wildman–Crippen MR) is 78.5 cm³/mol. The fourth-order valence-electron chi connectivity index (χ4n) is 1.86. The molecule has 0 fully saturated rings. The molecule has 1 unspecified atom stereocenters. The first-order valence-electron chi connectivity index (χ1n) is 6.74. The Morgan fingerprint density at radius 3 is 2.71 bits per heavy atom. The van der Waals surface area contributed by atoms with Gasteiger partial charge in [0.1, 0.15) is 11.6 Å². The number of hydrogen-bond donors (Lipinski definition) is 2. The molecule has 2 N–H and O–H groups in total. The summed E-state index contributed by atoms with van der Waals surface area (Å²) in [6.45, 7) is 4.47. The van der Waals surface area contributed by atoms with Gasteiger partial charge in [-0.15, -0.1) is 10.2 Å². The van der Waals surface area contributed by atoms with E-state index < -0.39 is 0 Å². The molecule has 0 bridgehead atoms. The van der Waals surface area contributed by atoms with E-state index in [0.29, 0.717) is 11.4 Å². The number of benzene rings is 1. The van der Waals surface area contributed by atoms with Gasteiger partial charge in [-0.25, -0.2) is 4.39 Å². The average molecular weight is 288 g/mol. The Balaban J connectivity index is 2.03. The van der Waals surface area contributed by atoms with Gasteiger partial charge in [-0.2, -0.15) is 0 Å². The van der Waals surface area contributed by atoms with Gasteiger partial charge in [-0.05, 0) is 43.7 Å². The van der Waals surface area contributed by atoms with E-state index in [-0.39, 0.29) is 23.5 Å². The summed E-state index contributed by atoms with van der Waals surface area (Å²) in [5.41, 5.74) is 0.917. The summed E-state index contributed by atoms with van der Waals surface area (Å²) in [6, 6.07) is 9.10. The third kappa shape index (κ3) is 3.98. The number of hydrogen-bond acceptors (Lipinski definition) is 4. The topological polar surface area (TPSA) is 66.9 Å².